The van der Waals surface area contributed by atoms with E-state index in [9.17, 15) is 9.59 Å². The zero-order valence-corrected chi connectivity index (χ0v) is 16.2. The number of rotatable bonds is 7. The van der Waals surface area contributed by atoms with Gasteiger partial charge in [-0.3, -0.25) is 9.59 Å². The van der Waals surface area contributed by atoms with Gasteiger partial charge in [0.1, 0.15) is 11.6 Å². The Balaban J connectivity index is 1.72. The molecule has 3 aromatic rings. The van der Waals surface area contributed by atoms with Gasteiger partial charge in [-0.2, -0.15) is 0 Å². The van der Waals surface area contributed by atoms with Crippen molar-refractivity contribution in [3.63, 3.8) is 0 Å². The Hall–Kier alpha value is -3.87. The topological polar surface area (TPSA) is 92.3 Å². The van der Waals surface area contributed by atoms with Crippen LogP contribution in [0.1, 0.15) is 24.2 Å². The van der Waals surface area contributed by atoms with Gasteiger partial charge in [-0.05, 0) is 67.6 Å². The van der Waals surface area contributed by atoms with Crippen LogP contribution in [0.2, 0.25) is 0 Å². The second kappa shape index (κ2) is 9.36. The monoisotopic (exact) mass is 390 g/mol. The van der Waals surface area contributed by atoms with Crippen LogP contribution in [0.15, 0.2) is 66.9 Å². The lowest BCUT2D eigenvalue weighted by molar-refractivity contribution is -0.114. The summed E-state index contributed by atoms with van der Waals surface area (Å²) in [6.07, 6.45) is 1.62. The summed E-state index contributed by atoms with van der Waals surface area (Å²) in [6, 6.07) is 17.7. The van der Waals surface area contributed by atoms with Gasteiger partial charge in [-0.25, -0.2) is 4.98 Å². The smallest absolute Gasteiger partial charge is 0.259 e. The summed E-state index contributed by atoms with van der Waals surface area (Å²) >= 11 is 0. The minimum atomic E-state index is -0.293. The highest BCUT2D eigenvalue weighted by Gasteiger charge is 2.13. The van der Waals surface area contributed by atoms with Gasteiger partial charge in [0, 0.05) is 30.2 Å². The molecule has 0 saturated heterocycles. The number of nitrogens with zero attached hydrogens (tertiary/aromatic N) is 1. The predicted molar refractivity (Wildman–Crippen MR) is 114 cm³/mol. The lowest BCUT2D eigenvalue weighted by atomic mass is 10.2. The zero-order chi connectivity index (χ0) is 20.6. The summed E-state index contributed by atoms with van der Waals surface area (Å²) in [5.41, 5.74) is 2.47. The highest BCUT2D eigenvalue weighted by atomic mass is 16.5. The van der Waals surface area contributed by atoms with E-state index in [1.807, 2.05) is 31.2 Å². The molecule has 0 aliphatic heterocycles. The third kappa shape index (κ3) is 5.55. The predicted octanol–water partition coefficient (Wildman–Crippen LogP) is 4.43. The van der Waals surface area contributed by atoms with Crippen molar-refractivity contribution < 1.29 is 14.3 Å². The normalized spacial score (nSPS) is 10.1. The lowest BCUT2D eigenvalue weighted by Gasteiger charge is -2.12. The highest BCUT2D eigenvalue weighted by Crippen LogP contribution is 2.22. The fourth-order valence-corrected chi connectivity index (χ4v) is 2.66. The van der Waals surface area contributed by atoms with Crippen molar-refractivity contribution in [1.29, 1.82) is 0 Å². The molecule has 0 spiro atoms. The standard InChI is InChI=1S/C22H22N4O3/c1-3-29-19-12-10-17(11-13-19)25-21-20(5-4-14-23-21)22(28)26-18-8-6-16(7-9-18)24-15(2)27/h4-14H,3H2,1-2H3,(H,23,25)(H,24,27)(H,26,28). The van der Waals surface area contributed by atoms with E-state index in [2.05, 4.69) is 20.9 Å². The number of hydrogen-bond donors (Lipinski definition) is 3. The first-order valence-electron chi connectivity index (χ1n) is 9.19. The quantitative estimate of drug-likeness (QED) is 0.555. The number of anilines is 4. The summed E-state index contributed by atoms with van der Waals surface area (Å²) in [5.74, 6) is 0.782. The molecule has 0 atom stereocenters. The molecule has 2 amide bonds. The van der Waals surface area contributed by atoms with E-state index in [-0.39, 0.29) is 11.8 Å². The molecule has 29 heavy (non-hydrogen) atoms. The molecule has 3 rings (SSSR count). The van der Waals surface area contributed by atoms with E-state index >= 15 is 0 Å². The molecule has 0 aliphatic rings. The first-order valence-corrected chi connectivity index (χ1v) is 9.19. The second-order valence-electron chi connectivity index (χ2n) is 6.19. The third-order valence-electron chi connectivity index (χ3n) is 3.94. The van der Waals surface area contributed by atoms with Gasteiger partial charge in [0.05, 0.1) is 12.2 Å². The molecule has 7 nitrogen and oxygen atoms in total. The average Bonchev–Trinajstić information content (AvgIpc) is 2.71. The summed E-state index contributed by atoms with van der Waals surface area (Å²) in [4.78, 5) is 28.1. The first kappa shape index (κ1) is 19.9. The molecule has 3 N–H and O–H groups in total. The SMILES string of the molecule is CCOc1ccc(Nc2ncccc2C(=O)Nc2ccc(NC(C)=O)cc2)cc1. The summed E-state index contributed by atoms with van der Waals surface area (Å²) in [6.45, 7) is 3.97. The van der Waals surface area contributed by atoms with E-state index in [1.54, 1.807) is 42.6 Å². The number of benzene rings is 2. The maximum Gasteiger partial charge on any atom is 0.259 e. The number of ether oxygens (including phenoxy) is 1. The first-order chi connectivity index (χ1) is 14.0. The van der Waals surface area contributed by atoms with Gasteiger partial charge in [0.25, 0.3) is 5.91 Å². The van der Waals surface area contributed by atoms with Gasteiger partial charge < -0.3 is 20.7 Å². The fraction of sp³-hybridized carbons (Fsp3) is 0.136. The molecule has 2 aromatic carbocycles. The summed E-state index contributed by atoms with van der Waals surface area (Å²) in [7, 11) is 0. The molecule has 0 bridgehead atoms. The van der Waals surface area contributed by atoms with Crippen LogP contribution < -0.4 is 20.7 Å². The molecule has 0 unspecified atom stereocenters. The van der Waals surface area contributed by atoms with Crippen LogP contribution >= 0.6 is 0 Å². The molecule has 7 heteroatoms. The van der Waals surface area contributed by atoms with E-state index in [0.29, 0.717) is 29.4 Å². The largest absolute Gasteiger partial charge is 0.494 e. The Bertz CT molecular complexity index is 986. The van der Waals surface area contributed by atoms with Gasteiger partial charge in [0.15, 0.2) is 0 Å². The number of amides is 2. The fourth-order valence-electron chi connectivity index (χ4n) is 2.66. The van der Waals surface area contributed by atoms with E-state index in [1.165, 1.54) is 6.92 Å². The summed E-state index contributed by atoms with van der Waals surface area (Å²) in [5, 5.41) is 8.69. The molecule has 0 radical (unpaired) electrons. The third-order valence-corrected chi connectivity index (χ3v) is 3.94. The second-order valence-corrected chi connectivity index (χ2v) is 6.19. The van der Waals surface area contributed by atoms with Crippen molar-refractivity contribution in [1.82, 2.24) is 4.98 Å². The molecule has 0 saturated carbocycles. The number of pyridine rings is 1. The van der Waals surface area contributed by atoms with Gasteiger partial charge >= 0.3 is 0 Å². The molecule has 0 fully saturated rings. The Morgan fingerprint density at radius 1 is 0.897 bits per heavy atom. The van der Waals surface area contributed by atoms with Crippen molar-refractivity contribution in [3.8, 4) is 5.75 Å². The number of nitrogens with one attached hydrogen (secondary N) is 3. The Morgan fingerprint density at radius 2 is 1.52 bits per heavy atom. The molecular formula is C22H22N4O3. The highest BCUT2D eigenvalue weighted by molar-refractivity contribution is 6.07. The van der Waals surface area contributed by atoms with Crippen molar-refractivity contribution in [2.75, 3.05) is 22.6 Å². The van der Waals surface area contributed by atoms with Crippen LogP contribution in [0.3, 0.4) is 0 Å². The van der Waals surface area contributed by atoms with Crippen LogP contribution in [0, 0.1) is 0 Å². The van der Waals surface area contributed by atoms with Crippen molar-refractivity contribution in [2.24, 2.45) is 0 Å². The number of carbonyl (C=O) groups is 2. The Labute approximate surface area is 169 Å². The van der Waals surface area contributed by atoms with Gasteiger partial charge in [-0.15, -0.1) is 0 Å². The van der Waals surface area contributed by atoms with Crippen molar-refractivity contribution in [2.45, 2.75) is 13.8 Å². The van der Waals surface area contributed by atoms with Crippen LogP contribution in [-0.4, -0.2) is 23.4 Å². The molecule has 1 heterocycles. The Morgan fingerprint density at radius 3 is 2.14 bits per heavy atom. The van der Waals surface area contributed by atoms with Gasteiger partial charge in [0.2, 0.25) is 5.91 Å². The summed E-state index contributed by atoms with van der Waals surface area (Å²) < 4.78 is 5.44. The van der Waals surface area contributed by atoms with E-state index in [0.717, 1.165) is 11.4 Å². The van der Waals surface area contributed by atoms with E-state index in [4.69, 9.17) is 4.74 Å². The number of carbonyl (C=O) groups excluding carboxylic acids is 2. The van der Waals surface area contributed by atoms with E-state index < -0.39 is 0 Å². The molecular weight excluding hydrogens is 368 g/mol. The number of aromatic nitrogens is 1. The lowest BCUT2D eigenvalue weighted by Crippen LogP contribution is -2.14. The minimum absolute atomic E-state index is 0.151. The Kier molecular flexibility index (Phi) is 6.42. The van der Waals surface area contributed by atoms with Crippen LogP contribution in [0.4, 0.5) is 22.9 Å². The maximum atomic E-state index is 12.7. The maximum absolute atomic E-state index is 12.7. The number of hydrogen-bond acceptors (Lipinski definition) is 5. The van der Waals surface area contributed by atoms with Crippen LogP contribution in [-0.2, 0) is 4.79 Å². The van der Waals surface area contributed by atoms with Gasteiger partial charge in [-0.1, -0.05) is 0 Å². The molecule has 1 aromatic heterocycles. The minimum Gasteiger partial charge on any atom is -0.494 e. The molecule has 148 valence electrons. The molecule has 0 aliphatic carbocycles. The average molecular weight is 390 g/mol. The zero-order valence-electron chi connectivity index (χ0n) is 16.2. The van der Waals surface area contributed by atoms with Crippen molar-refractivity contribution >= 4 is 34.7 Å². The van der Waals surface area contributed by atoms with Crippen LogP contribution in [0.5, 0.6) is 5.75 Å². The van der Waals surface area contributed by atoms with Crippen molar-refractivity contribution in [3.05, 3.63) is 72.4 Å². The van der Waals surface area contributed by atoms with Crippen LogP contribution in [0.25, 0.3) is 0 Å².